The summed E-state index contributed by atoms with van der Waals surface area (Å²) in [6.07, 6.45) is 7.01. The third-order valence-corrected chi connectivity index (χ3v) is 3.00. The Morgan fingerprint density at radius 2 is 1.89 bits per heavy atom. The largest absolute Gasteiger partial charge is 0.379 e. The van der Waals surface area contributed by atoms with E-state index in [2.05, 4.69) is 12.2 Å². The molecule has 0 bridgehead atoms. The van der Waals surface area contributed by atoms with E-state index in [1.54, 1.807) is 0 Å². The Hall–Kier alpha value is -1.65. The predicted octanol–water partition coefficient (Wildman–Crippen LogP) is 4.51. The molecule has 0 amide bonds. The fourth-order valence-corrected chi connectivity index (χ4v) is 1.93. The number of anilines is 1. The highest BCUT2D eigenvalue weighted by Crippen LogP contribution is 2.24. The number of hydrogen-bond acceptors (Lipinski definition) is 3. The lowest BCUT2D eigenvalue weighted by atomic mass is 10.1. The standard InChI is InChI=1S/C14H21FN2O2/c1-2-3-4-5-6-7-10-16-13-9-8-12(15)11-14(13)17(18)19/h8-9,11,16H,2-7,10H2,1H3. The Labute approximate surface area is 113 Å². The Morgan fingerprint density at radius 1 is 1.21 bits per heavy atom. The van der Waals surface area contributed by atoms with Crippen LogP contribution >= 0.6 is 0 Å². The first-order valence-electron chi connectivity index (χ1n) is 6.83. The molecule has 0 aliphatic carbocycles. The van der Waals surface area contributed by atoms with Gasteiger partial charge in [-0.1, -0.05) is 39.0 Å². The molecule has 0 spiro atoms. The molecule has 19 heavy (non-hydrogen) atoms. The van der Waals surface area contributed by atoms with Gasteiger partial charge in [-0.15, -0.1) is 0 Å². The minimum atomic E-state index is -0.586. The van der Waals surface area contributed by atoms with Crippen molar-refractivity contribution < 1.29 is 9.31 Å². The molecule has 1 aromatic rings. The van der Waals surface area contributed by atoms with Gasteiger partial charge < -0.3 is 5.32 Å². The van der Waals surface area contributed by atoms with Crippen LogP contribution in [0.3, 0.4) is 0 Å². The van der Waals surface area contributed by atoms with Crippen LogP contribution in [0.2, 0.25) is 0 Å². The minimum Gasteiger partial charge on any atom is -0.379 e. The van der Waals surface area contributed by atoms with E-state index in [1.165, 1.54) is 37.8 Å². The van der Waals surface area contributed by atoms with Crippen molar-refractivity contribution in [2.45, 2.75) is 45.4 Å². The lowest BCUT2D eigenvalue weighted by molar-refractivity contribution is -0.384. The number of benzene rings is 1. The SMILES string of the molecule is CCCCCCCCNc1ccc(F)cc1[N+](=O)[O-]. The van der Waals surface area contributed by atoms with Gasteiger partial charge in [0, 0.05) is 6.54 Å². The quantitative estimate of drug-likeness (QED) is 0.407. The average Bonchev–Trinajstić information content (AvgIpc) is 2.39. The average molecular weight is 268 g/mol. The maximum atomic E-state index is 12.9. The third-order valence-electron chi connectivity index (χ3n) is 3.00. The summed E-state index contributed by atoms with van der Waals surface area (Å²) in [5.41, 5.74) is 0.186. The van der Waals surface area contributed by atoms with Gasteiger partial charge in [0.15, 0.2) is 0 Å². The maximum Gasteiger partial charge on any atom is 0.295 e. The van der Waals surface area contributed by atoms with E-state index in [-0.39, 0.29) is 5.69 Å². The van der Waals surface area contributed by atoms with Crippen molar-refractivity contribution in [2.75, 3.05) is 11.9 Å². The second-order valence-corrected chi connectivity index (χ2v) is 4.61. The summed E-state index contributed by atoms with van der Waals surface area (Å²) >= 11 is 0. The zero-order chi connectivity index (χ0) is 14.1. The molecule has 5 heteroatoms. The molecule has 0 aromatic heterocycles. The van der Waals surface area contributed by atoms with Crippen LogP contribution in [0.25, 0.3) is 0 Å². The van der Waals surface area contributed by atoms with Crippen molar-refractivity contribution in [3.63, 3.8) is 0 Å². The Morgan fingerprint density at radius 3 is 2.58 bits per heavy atom. The number of halogens is 1. The van der Waals surface area contributed by atoms with Gasteiger partial charge in [0.2, 0.25) is 0 Å². The van der Waals surface area contributed by atoms with E-state index in [1.807, 2.05) is 0 Å². The number of hydrogen-bond donors (Lipinski definition) is 1. The molecule has 1 N–H and O–H groups in total. The topological polar surface area (TPSA) is 55.2 Å². The van der Waals surface area contributed by atoms with Gasteiger partial charge >= 0.3 is 0 Å². The van der Waals surface area contributed by atoms with Crippen LogP contribution in [0.15, 0.2) is 18.2 Å². The van der Waals surface area contributed by atoms with Crippen LogP contribution < -0.4 is 5.32 Å². The summed E-state index contributed by atoms with van der Waals surface area (Å²) in [5.74, 6) is -0.586. The molecular formula is C14H21FN2O2. The van der Waals surface area contributed by atoms with Gasteiger partial charge in [0.25, 0.3) is 5.69 Å². The minimum absolute atomic E-state index is 0.203. The van der Waals surface area contributed by atoms with Gasteiger partial charge in [-0.05, 0) is 18.6 Å². The fraction of sp³-hybridized carbons (Fsp3) is 0.571. The summed E-state index contributed by atoms with van der Waals surface area (Å²) in [6, 6.07) is 3.60. The third kappa shape index (κ3) is 5.68. The molecule has 0 aliphatic rings. The molecule has 106 valence electrons. The van der Waals surface area contributed by atoms with Crippen molar-refractivity contribution >= 4 is 11.4 Å². The van der Waals surface area contributed by atoms with E-state index in [4.69, 9.17) is 0 Å². The number of rotatable bonds is 9. The van der Waals surface area contributed by atoms with Crippen LogP contribution in [-0.2, 0) is 0 Å². The molecule has 0 heterocycles. The molecular weight excluding hydrogens is 247 g/mol. The second kappa shape index (κ2) is 8.45. The highest BCUT2D eigenvalue weighted by Gasteiger charge is 2.13. The summed E-state index contributed by atoms with van der Waals surface area (Å²) in [7, 11) is 0. The zero-order valence-electron chi connectivity index (χ0n) is 11.3. The molecule has 4 nitrogen and oxygen atoms in total. The van der Waals surface area contributed by atoms with Gasteiger partial charge in [-0.25, -0.2) is 4.39 Å². The number of nitro groups is 1. The molecule has 0 radical (unpaired) electrons. The predicted molar refractivity (Wildman–Crippen MR) is 74.9 cm³/mol. The summed E-state index contributed by atoms with van der Waals surface area (Å²) < 4.78 is 12.9. The number of nitrogens with zero attached hydrogens (tertiary/aromatic N) is 1. The highest BCUT2D eigenvalue weighted by atomic mass is 19.1. The van der Waals surface area contributed by atoms with Gasteiger partial charge in [-0.2, -0.15) is 0 Å². The molecule has 0 saturated heterocycles. The van der Waals surface area contributed by atoms with E-state index < -0.39 is 10.7 Å². The summed E-state index contributed by atoms with van der Waals surface area (Å²) in [5, 5.41) is 13.8. The molecule has 1 rings (SSSR count). The Balaban J connectivity index is 2.35. The van der Waals surface area contributed by atoms with E-state index in [9.17, 15) is 14.5 Å². The van der Waals surface area contributed by atoms with Crippen LogP contribution in [0.1, 0.15) is 45.4 Å². The van der Waals surface area contributed by atoms with Crippen LogP contribution in [0.4, 0.5) is 15.8 Å². The van der Waals surface area contributed by atoms with Crippen LogP contribution in [-0.4, -0.2) is 11.5 Å². The van der Waals surface area contributed by atoms with E-state index in [0.29, 0.717) is 12.2 Å². The van der Waals surface area contributed by atoms with Gasteiger partial charge in [0.1, 0.15) is 11.5 Å². The molecule has 1 aromatic carbocycles. The molecule has 0 saturated carbocycles. The normalized spacial score (nSPS) is 10.4. The molecule has 0 atom stereocenters. The highest BCUT2D eigenvalue weighted by molar-refractivity contribution is 5.61. The zero-order valence-corrected chi connectivity index (χ0v) is 11.3. The van der Waals surface area contributed by atoms with Gasteiger partial charge in [0.05, 0.1) is 11.0 Å². The van der Waals surface area contributed by atoms with Crippen molar-refractivity contribution in [3.8, 4) is 0 Å². The maximum absolute atomic E-state index is 12.9. The monoisotopic (exact) mass is 268 g/mol. The summed E-state index contributed by atoms with van der Waals surface area (Å²) in [4.78, 5) is 10.2. The van der Waals surface area contributed by atoms with Crippen molar-refractivity contribution in [1.82, 2.24) is 0 Å². The Bertz CT molecular complexity index is 410. The molecule has 0 fully saturated rings. The van der Waals surface area contributed by atoms with Crippen molar-refractivity contribution in [2.24, 2.45) is 0 Å². The first-order valence-corrected chi connectivity index (χ1v) is 6.83. The molecule has 0 aliphatic heterocycles. The van der Waals surface area contributed by atoms with Gasteiger partial charge in [-0.3, -0.25) is 10.1 Å². The lowest BCUT2D eigenvalue weighted by Gasteiger charge is -2.07. The number of nitrogens with one attached hydrogen (secondary N) is 1. The lowest BCUT2D eigenvalue weighted by Crippen LogP contribution is -2.04. The fourth-order valence-electron chi connectivity index (χ4n) is 1.93. The molecule has 0 unspecified atom stereocenters. The van der Waals surface area contributed by atoms with Crippen molar-refractivity contribution in [3.05, 3.63) is 34.1 Å². The van der Waals surface area contributed by atoms with E-state index in [0.717, 1.165) is 18.9 Å². The number of unbranched alkanes of at least 4 members (excludes halogenated alkanes) is 5. The first kappa shape index (κ1) is 15.4. The van der Waals surface area contributed by atoms with Crippen molar-refractivity contribution in [1.29, 1.82) is 0 Å². The van der Waals surface area contributed by atoms with Crippen LogP contribution in [0, 0.1) is 15.9 Å². The number of nitro benzene ring substituents is 1. The smallest absolute Gasteiger partial charge is 0.295 e. The Kier molecular flexibility index (Phi) is 6.85. The first-order chi connectivity index (χ1) is 9.15. The summed E-state index contributed by atoms with van der Waals surface area (Å²) in [6.45, 7) is 2.85. The van der Waals surface area contributed by atoms with E-state index >= 15 is 0 Å². The second-order valence-electron chi connectivity index (χ2n) is 4.61. The van der Waals surface area contributed by atoms with Crippen LogP contribution in [0.5, 0.6) is 0 Å².